The highest BCUT2D eigenvalue weighted by atomic mass is 79.9. The van der Waals surface area contributed by atoms with Crippen molar-refractivity contribution < 1.29 is 0 Å². The van der Waals surface area contributed by atoms with Gasteiger partial charge in [0.15, 0.2) is 0 Å². The molecule has 4 aromatic rings. The van der Waals surface area contributed by atoms with Crippen LogP contribution in [0.2, 0.25) is 5.02 Å². The first-order valence-electron chi connectivity index (χ1n) is 5.93. The van der Waals surface area contributed by atoms with Crippen LogP contribution in [0.25, 0.3) is 30.9 Å². The van der Waals surface area contributed by atoms with Gasteiger partial charge >= 0.3 is 0 Å². The SMILES string of the molecule is Clc1ccc(Br)c2c1sc1c3ccccc3ccc12. The van der Waals surface area contributed by atoms with Crippen LogP contribution in [0, 0.1) is 0 Å². The first-order valence-corrected chi connectivity index (χ1v) is 7.92. The van der Waals surface area contributed by atoms with Crippen LogP contribution < -0.4 is 0 Å². The van der Waals surface area contributed by atoms with E-state index in [0.717, 1.165) is 14.2 Å². The Balaban J connectivity index is 2.35. The lowest BCUT2D eigenvalue weighted by Crippen LogP contribution is -1.73. The Morgan fingerprint density at radius 3 is 2.58 bits per heavy atom. The van der Waals surface area contributed by atoms with Gasteiger partial charge in [0, 0.05) is 19.9 Å². The number of rotatable bonds is 0. The number of hydrogen-bond acceptors (Lipinski definition) is 1. The summed E-state index contributed by atoms with van der Waals surface area (Å²) >= 11 is 11.8. The van der Waals surface area contributed by atoms with Crippen LogP contribution in [0.15, 0.2) is 53.0 Å². The molecule has 1 heterocycles. The van der Waals surface area contributed by atoms with E-state index in [4.69, 9.17) is 11.6 Å². The number of thiophene rings is 1. The van der Waals surface area contributed by atoms with Crippen molar-refractivity contribution >= 4 is 69.8 Å². The number of benzene rings is 3. The monoisotopic (exact) mass is 346 g/mol. The molecule has 0 aliphatic heterocycles. The molecular weight excluding hydrogens is 340 g/mol. The van der Waals surface area contributed by atoms with Crippen LogP contribution in [0.4, 0.5) is 0 Å². The Hall–Kier alpha value is -1.09. The van der Waals surface area contributed by atoms with Crippen molar-refractivity contribution in [2.24, 2.45) is 0 Å². The Morgan fingerprint density at radius 2 is 1.68 bits per heavy atom. The number of fused-ring (bicyclic) bond motifs is 5. The molecule has 0 bridgehead atoms. The average molecular weight is 348 g/mol. The van der Waals surface area contributed by atoms with Gasteiger partial charge in [-0.1, -0.05) is 63.9 Å². The molecule has 4 rings (SSSR count). The molecule has 0 radical (unpaired) electrons. The van der Waals surface area contributed by atoms with Crippen LogP contribution >= 0.6 is 38.9 Å². The fourth-order valence-electron chi connectivity index (χ4n) is 2.54. The van der Waals surface area contributed by atoms with E-state index in [2.05, 4.69) is 52.3 Å². The highest BCUT2D eigenvalue weighted by Crippen LogP contribution is 2.44. The van der Waals surface area contributed by atoms with E-state index < -0.39 is 0 Å². The van der Waals surface area contributed by atoms with E-state index in [1.165, 1.54) is 26.2 Å². The minimum Gasteiger partial charge on any atom is -0.133 e. The van der Waals surface area contributed by atoms with E-state index in [1.54, 1.807) is 11.3 Å². The Labute approximate surface area is 127 Å². The average Bonchev–Trinajstić information content (AvgIpc) is 2.84. The third kappa shape index (κ3) is 1.64. The predicted octanol–water partition coefficient (Wildman–Crippen LogP) is 6.62. The maximum absolute atomic E-state index is 6.34. The van der Waals surface area contributed by atoms with Crippen LogP contribution in [0.1, 0.15) is 0 Å². The van der Waals surface area contributed by atoms with Gasteiger partial charge in [0.2, 0.25) is 0 Å². The van der Waals surface area contributed by atoms with Crippen molar-refractivity contribution in [3.8, 4) is 0 Å². The van der Waals surface area contributed by atoms with Crippen molar-refractivity contribution in [1.82, 2.24) is 0 Å². The largest absolute Gasteiger partial charge is 0.133 e. The van der Waals surface area contributed by atoms with E-state index >= 15 is 0 Å². The van der Waals surface area contributed by atoms with Gasteiger partial charge < -0.3 is 0 Å². The first-order chi connectivity index (χ1) is 9.25. The molecule has 0 amide bonds. The lowest BCUT2D eigenvalue weighted by molar-refractivity contribution is 1.79. The molecule has 0 spiro atoms. The summed E-state index contributed by atoms with van der Waals surface area (Å²) in [5, 5.41) is 5.88. The van der Waals surface area contributed by atoms with E-state index in [-0.39, 0.29) is 0 Å². The number of halogens is 2. The molecule has 0 saturated carbocycles. The van der Waals surface area contributed by atoms with Gasteiger partial charge in [-0.25, -0.2) is 0 Å². The van der Waals surface area contributed by atoms with Crippen LogP contribution in [-0.2, 0) is 0 Å². The standard InChI is InChI=1S/C16H8BrClS/c17-12-7-8-13(18)16-14(12)11-6-5-9-3-1-2-4-10(9)15(11)19-16/h1-8H. The maximum Gasteiger partial charge on any atom is 0.0585 e. The second-order valence-electron chi connectivity index (χ2n) is 4.50. The van der Waals surface area contributed by atoms with Gasteiger partial charge in [-0.3, -0.25) is 0 Å². The quantitative estimate of drug-likeness (QED) is 0.335. The third-order valence-electron chi connectivity index (χ3n) is 3.41. The normalized spacial score (nSPS) is 11.7. The fourth-order valence-corrected chi connectivity index (χ4v) is 4.75. The molecule has 3 heteroatoms. The minimum atomic E-state index is 0.823. The summed E-state index contributed by atoms with van der Waals surface area (Å²) in [6.45, 7) is 0. The summed E-state index contributed by atoms with van der Waals surface area (Å²) in [5.74, 6) is 0. The third-order valence-corrected chi connectivity index (χ3v) is 5.77. The summed E-state index contributed by atoms with van der Waals surface area (Å²) in [5.41, 5.74) is 0. The van der Waals surface area contributed by atoms with Gasteiger partial charge in [-0.05, 0) is 22.9 Å². The summed E-state index contributed by atoms with van der Waals surface area (Å²) in [4.78, 5) is 0. The topological polar surface area (TPSA) is 0 Å². The molecule has 0 unspecified atom stereocenters. The molecule has 0 nitrogen and oxygen atoms in total. The Bertz CT molecular complexity index is 940. The first kappa shape index (κ1) is 11.7. The highest BCUT2D eigenvalue weighted by molar-refractivity contribution is 9.10. The van der Waals surface area contributed by atoms with Crippen LogP contribution in [0.5, 0.6) is 0 Å². The maximum atomic E-state index is 6.34. The van der Waals surface area contributed by atoms with Gasteiger partial charge in [-0.15, -0.1) is 11.3 Å². The smallest absolute Gasteiger partial charge is 0.0585 e. The van der Waals surface area contributed by atoms with E-state index in [9.17, 15) is 0 Å². The second kappa shape index (κ2) is 4.20. The fraction of sp³-hybridized carbons (Fsp3) is 0. The molecule has 0 atom stereocenters. The van der Waals surface area contributed by atoms with Gasteiger partial charge in [-0.2, -0.15) is 0 Å². The zero-order chi connectivity index (χ0) is 13.0. The van der Waals surface area contributed by atoms with Crippen LogP contribution in [-0.4, -0.2) is 0 Å². The highest BCUT2D eigenvalue weighted by Gasteiger charge is 2.12. The summed E-state index contributed by atoms with van der Waals surface area (Å²) in [7, 11) is 0. The van der Waals surface area contributed by atoms with E-state index in [1.807, 2.05) is 12.1 Å². The summed E-state index contributed by atoms with van der Waals surface area (Å²) in [6.07, 6.45) is 0. The lowest BCUT2D eigenvalue weighted by Gasteiger charge is -1.99. The molecule has 1 aromatic heterocycles. The van der Waals surface area contributed by atoms with Gasteiger partial charge in [0.25, 0.3) is 0 Å². The summed E-state index contributed by atoms with van der Waals surface area (Å²) in [6, 6.07) is 16.8. The molecule has 0 aliphatic carbocycles. The molecule has 3 aromatic carbocycles. The number of hydrogen-bond donors (Lipinski definition) is 0. The van der Waals surface area contributed by atoms with Crippen molar-refractivity contribution in [3.63, 3.8) is 0 Å². The van der Waals surface area contributed by atoms with Crippen LogP contribution in [0.3, 0.4) is 0 Å². The van der Waals surface area contributed by atoms with Gasteiger partial charge in [0.1, 0.15) is 0 Å². The summed E-state index contributed by atoms with van der Waals surface area (Å²) < 4.78 is 3.57. The zero-order valence-corrected chi connectivity index (χ0v) is 12.9. The van der Waals surface area contributed by atoms with Crippen molar-refractivity contribution in [2.75, 3.05) is 0 Å². The molecular formula is C16H8BrClS. The molecule has 0 N–H and O–H groups in total. The van der Waals surface area contributed by atoms with Crippen molar-refractivity contribution in [2.45, 2.75) is 0 Å². The Kier molecular flexibility index (Phi) is 2.59. The van der Waals surface area contributed by atoms with Crippen molar-refractivity contribution in [3.05, 3.63) is 58.0 Å². The second-order valence-corrected chi connectivity index (χ2v) is 6.78. The Morgan fingerprint density at radius 1 is 0.842 bits per heavy atom. The molecule has 0 fully saturated rings. The molecule has 19 heavy (non-hydrogen) atoms. The zero-order valence-electron chi connectivity index (χ0n) is 9.78. The molecule has 0 aliphatic rings. The minimum absolute atomic E-state index is 0.823. The predicted molar refractivity (Wildman–Crippen MR) is 89.5 cm³/mol. The van der Waals surface area contributed by atoms with Gasteiger partial charge in [0.05, 0.1) is 9.72 Å². The lowest BCUT2D eigenvalue weighted by atomic mass is 10.1. The van der Waals surface area contributed by atoms with Crippen molar-refractivity contribution in [1.29, 1.82) is 0 Å². The van der Waals surface area contributed by atoms with E-state index in [0.29, 0.717) is 0 Å². The molecule has 0 saturated heterocycles. The molecule has 92 valence electrons.